The van der Waals surface area contributed by atoms with E-state index in [2.05, 4.69) is 35.7 Å². The van der Waals surface area contributed by atoms with Crippen LogP contribution in [-0.2, 0) is 21.3 Å². The molecule has 0 aliphatic carbocycles. The first-order valence-electron chi connectivity index (χ1n) is 9.22. The number of nitrogens with one attached hydrogen (secondary N) is 1. The topological polar surface area (TPSA) is 71.5 Å². The van der Waals surface area contributed by atoms with E-state index in [1.54, 1.807) is 18.3 Å². The van der Waals surface area contributed by atoms with E-state index in [4.69, 9.17) is 4.84 Å². The minimum atomic E-state index is -3.53. The number of hydrogen-bond acceptors (Lipinski definition) is 5. The Morgan fingerprint density at radius 2 is 1.96 bits per heavy atom. The Morgan fingerprint density at radius 1 is 1.22 bits per heavy atom. The lowest BCUT2D eigenvalue weighted by molar-refractivity contribution is -0.110. The second kappa shape index (κ2) is 8.48. The van der Waals surface area contributed by atoms with Gasteiger partial charge in [-0.2, -0.15) is 5.06 Å². The lowest BCUT2D eigenvalue weighted by Gasteiger charge is -2.23. The largest absolute Gasteiger partial charge is 0.297 e. The van der Waals surface area contributed by atoms with Gasteiger partial charge in [0.25, 0.3) is 0 Å². The van der Waals surface area contributed by atoms with Crippen LogP contribution in [0.2, 0.25) is 0 Å². The minimum absolute atomic E-state index is 0.145. The number of nitrogens with zero attached hydrogens (tertiary/aromatic N) is 2. The molecule has 1 fully saturated rings. The van der Waals surface area contributed by atoms with Gasteiger partial charge >= 0.3 is 0 Å². The van der Waals surface area contributed by atoms with Crippen LogP contribution in [0.3, 0.4) is 0 Å². The molecule has 0 amide bonds. The monoisotopic (exact) mass is 389 g/mol. The third kappa shape index (κ3) is 4.73. The Balaban J connectivity index is 1.71. The highest BCUT2D eigenvalue weighted by Gasteiger charge is 2.42. The standard InChI is InChI=1S/C20H27N3O3S/c1-15(2)16-7-9-17(10-8-16)20-19(14-26-23(20)3)27(24,25)22-13-11-18-6-4-5-12-21-18/h4-10,12,15,19-20,22H,11,13-14H2,1-3H3/t19-,20+/m0/s1. The fourth-order valence-corrected chi connectivity index (χ4v) is 4.84. The van der Waals surface area contributed by atoms with Crippen molar-refractivity contribution in [3.8, 4) is 0 Å². The van der Waals surface area contributed by atoms with E-state index in [0.717, 1.165) is 11.3 Å². The average molecular weight is 390 g/mol. The van der Waals surface area contributed by atoms with E-state index in [-0.39, 0.29) is 12.6 Å². The van der Waals surface area contributed by atoms with Crippen LogP contribution in [0, 0.1) is 0 Å². The molecule has 2 aromatic rings. The summed E-state index contributed by atoms with van der Waals surface area (Å²) < 4.78 is 28.5. The molecule has 3 rings (SSSR count). The first-order valence-corrected chi connectivity index (χ1v) is 10.8. The van der Waals surface area contributed by atoms with E-state index < -0.39 is 15.3 Å². The van der Waals surface area contributed by atoms with Crippen LogP contribution in [0.4, 0.5) is 0 Å². The lowest BCUT2D eigenvalue weighted by atomic mass is 9.98. The van der Waals surface area contributed by atoms with Crippen LogP contribution in [0.25, 0.3) is 0 Å². The van der Waals surface area contributed by atoms with Crippen molar-refractivity contribution in [3.63, 3.8) is 0 Å². The Hall–Kier alpha value is -1.80. The van der Waals surface area contributed by atoms with Crippen molar-refractivity contribution in [1.82, 2.24) is 14.8 Å². The highest BCUT2D eigenvalue weighted by molar-refractivity contribution is 7.90. The molecule has 1 N–H and O–H groups in total. The summed E-state index contributed by atoms with van der Waals surface area (Å²) in [6.45, 7) is 4.74. The molecule has 1 aromatic heterocycles. The maximum absolute atomic E-state index is 12.9. The molecule has 2 atom stereocenters. The van der Waals surface area contributed by atoms with Crippen molar-refractivity contribution in [1.29, 1.82) is 0 Å². The van der Waals surface area contributed by atoms with Crippen molar-refractivity contribution in [2.45, 2.75) is 37.5 Å². The molecular formula is C20H27N3O3S. The molecule has 6 nitrogen and oxygen atoms in total. The molecule has 1 saturated heterocycles. The zero-order valence-corrected chi connectivity index (χ0v) is 16.8. The maximum Gasteiger partial charge on any atom is 0.218 e. The molecule has 0 unspecified atom stereocenters. The van der Waals surface area contributed by atoms with E-state index >= 15 is 0 Å². The highest BCUT2D eigenvalue weighted by Crippen LogP contribution is 2.33. The third-order valence-electron chi connectivity index (χ3n) is 4.94. The van der Waals surface area contributed by atoms with Crippen LogP contribution in [-0.4, -0.2) is 43.9 Å². The van der Waals surface area contributed by atoms with E-state index in [9.17, 15) is 8.42 Å². The van der Waals surface area contributed by atoms with Crippen molar-refractivity contribution in [2.24, 2.45) is 0 Å². The molecule has 27 heavy (non-hydrogen) atoms. The number of hydroxylamine groups is 2. The number of benzene rings is 1. The van der Waals surface area contributed by atoms with Crippen molar-refractivity contribution in [2.75, 3.05) is 20.2 Å². The van der Waals surface area contributed by atoms with Gasteiger partial charge in [0.1, 0.15) is 5.25 Å². The Labute approximate surface area is 161 Å². The summed E-state index contributed by atoms with van der Waals surface area (Å²) in [4.78, 5) is 9.79. The van der Waals surface area contributed by atoms with Crippen LogP contribution in [0.15, 0.2) is 48.7 Å². The number of sulfonamides is 1. The molecular weight excluding hydrogens is 362 g/mol. The van der Waals surface area contributed by atoms with Crippen LogP contribution in [0.1, 0.15) is 42.6 Å². The second-order valence-corrected chi connectivity index (χ2v) is 9.14. The molecule has 0 bridgehead atoms. The van der Waals surface area contributed by atoms with Crippen LogP contribution >= 0.6 is 0 Å². The molecule has 1 aliphatic heterocycles. The Bertz CT molecular complexity index is 839. The van der Waals surface area contributed by atoms with E-state index in [1.807, 2.05) is 30.3 Å². The summed E-state index contributed by atoms with van der Waals surface area (Å²) in [5.74, 6) is 0.435. The Kier molecular flexibility index (Phi) is 6.26. The molecule has 146 valence electrons. The van der Waals surface area contributed by atoms with E-state index in [0.29, 0.717) is 18.9 Å². The van der Waals surface area contributed by atoms with Gasteiger partial charge in [0.15, 0.2) is 0 Å². The van der Waals surface area contributed by atoms with Gasteiger partial charge in [-0.25, -0.2) is 13.1 Å². The van der Waals surface area contributed by atoms with Gasteiger partial charge in [-0.05, 0) is 29.2 Å². The zero-order valence-electron chi connectivity index (χ0n) is 16.0. The molecule has 0 spiro atoms. The predicted molar refractivity (Wildman–Crippen MR) is 106 cm³/mol. The summed E-state index contributed by atoms with van der Waals surface area (Å²) in [5, 5.41) is 0.990. The van der Waals surface area contributed by atoms with Crippen molar-refractivity contribution < 1.29 is 13.3 Å². The first kappa shape index (κ1) is 19.9. The summed E-state index contributed by atoms with van der Waals surface area (Å²) in [7, 11) is -1.75. The van der Waals surface area contributed by atoms with Gasteiger partial charge in [-0.1, -0.05) is 44.2 Å². The molecule has 1 aromatic carbocycles. The zero-order chi connectivity index (χ0) is 19.4. The minimum Gasteiger partial charge on any atom is -0.297 e. The lowest BCUT2D eigenvalue weighted by Crippen LogP contribution is -2.40. The summed E-state index contributed by atoms with van der Waals surface area (Å²) in [6.07, 6.45) is 2.26. The number of pyridine rings is 1. The van der Waals surface area contributed by atoms with Crippen molar-refractivity contribution in [3.05, 3.63) is 65.5 Å². The van der Waals surface area contributed by atoms with Crippen molar-refractivity contribution >= 4 is 10.0 Å². The van der Waals surface area contributed by atoms with Gasteiger partial charge in [0, 0.05) is 31.9 Å². The van der Waals surface area contributed by atoms with Gasteiger partial charge in [0.05, 0.1) is 12.6 Å². The van der Waals surface area contributed by atoms with Crippen LogP contribution in [0.5, 0.6) is 0 Å². The first-order chi connectivity index (χ1) is 12.9. The van der Waals surface area contributed by atoms with Crippen LogP contribution < -0.4 is 4.72 Å². The summed E-state index contributed by atoms with van der Waals surface area (Å²) in [6, 6.07) is 13.4. The normalized spacial score (nSPS) is 21.0. The third-order valence-corrected chi connectivity index (χ3v) is 6.74. The quantitative estimate of drug-likeness (QED) is 0.788. The second-order valence-electron chi connectivity index (χ2n) is 7.16. The number of aromatic nitrogens is 1. The fraction of sp³-hybridized carbons (Fsp3) is 0.450. The summed E-state index contributed by atoms with van der Waals surface area (Å²) >= 11 is 0. The molecule has 7 heteroatoms. The maximum atomic E-state index is 12.9. The van der Waals surface area contributed by atoms with Gasteiger partial charge in [-0.15, -0.1) is 0 Å². The fourth-order valence-electron chi connectivity index (χ4n) is 3.33. The average Bonchev–Trinajstić information content (AvgIpc) is 3.05. The highest BCUT2D eigenvalue weighted by atomic mass is 32.2. The van der Waals surface area contributed by atoms with Gasteiger partial charge in [0.2, 0.25) is 10.0 Å². The molecule has 0 radical (unpaired) electrons. The molecule has 2 heterocycles. The molecule has 0 saturated carbocycles. The van der Waals surface area contributed by atoms with Gasteiger partial charge < -0.3 is 0 Å². The van der Waals surface area contributed by atoms with Gasteiger partial charge in [-0.3, -0.25) is 9.82 Å². The number of rotatable bonds is 7. The Morgan fingerprint density at radius 3 is 2.59 bits per heavy atom. The smallest absolute Gasteiger partial charge is 0.218 e. The molecule has 1 aliphatic rings. The predicted octanol–water partition coefficient (Wildman–Crippen LogP) is 2.65. The van der Waals surface area contributed by atoms with E-state index in [1.165, 1.54) is 5.56 Å². The summed E-state index contributed by atoms with van der Waals surface area (Å²) in [5.41, 5.74) is 3.04. The SMILES string of the molecule is CC(C)c1ccc([C@@H]2[C@@H](S(=O)(=O)NCCc3ccccn3)CON2C)cc1. The number of hydrogen-bond donors (Lipinski definition) is 1.